The molecule has 118 valence electrons. The number of hydrogen-bond donors (Lipinski definition) is 2. The van der Waals surface area contributed by atoms with E-state index in [2.05, 4.69) is 24.1 Å². The quantitative estimate of drug-likeness (QED) is 0.832. The summed E-state index contributed by atoms with van der Waals surface area (Å²) in [5.74, 6) is 0.815. The largest absolute Gasteiger partial charge is 0.415 e. The third-order valence-corrected chi connectivity index (χ3v) is 4.76. The molecule has 2 N–H and O–H groups in total. The van der Waals surface area contributed by atoms with Crippen LogP contribution in [-0.4, -0.2) is 54.0 Å². The lowest BCUT2D eigenvalue weighted by Crippen LogP contribution is -2.59. The van der Waals surface area contributed by atoms with E-state index < -0.39 is 12.3 Å². The van der Waals surface area contributed by atoms with Gasteiger partial charge in [0.15, 0.2) is 6.10 Å². The second-order valence-corrected chi connectivity index (χ2v) is 6.49. The van der Waals surface area contributed by atoms with Crippen molar-refractivity contribution < 1.29 is 18.3 Å². The zero-order valence-corrected chi connectivity index (χ0v) is 12.2. The number of piperidine rings is 1. The molecule has 0 spiro atoms. The van der Waals surface area contributed by atoms with E-state index in [0.717, 1.165) is 25.9 Å². The maximum Gasteiger partial charge on any atom is 0.415 e. The van der Waals surface area contributed by atoms with Crippen LogP contribution in [0.15, 0.2) is 0 Å². The zero-order chi connectivity index (χ0) is 14.9. The van der Waals surface area contributed by atoms with Crippen LogP contribution in [0.1, 0.15) is 33.1 Å². The summed E-state index contributed by atoms with van der Waals surface area (Å²) >= 11 is 0. The predicted molar refractivity (Wildman–Crippen MR) is 71.4 cm³/mol. The first-order chi connectivity index (χ1) is 9.29. The molecule has 1 heterocycles. The highest BCUT2D eigenvalue weighted by Gasteiger charge is 2.42. The Kier molecular flexibility index (Phi) is 4.97. The molecule has 3 atom stereocenters. The number of aliphatic hydroxyl groups excluding tert-OH is 1. The SMILES string of the molecule is CC(C)N1CC2CCCC(C1)C2NCC(O)C(F)(F)F. The van der Waals surface area contributed by atoms with Gasteiger partial charge in [0.05, 0.1) is 0 Å². The molecule has 1 saturated carbocycles. The van der Waals surface area contributed by atoms with Gasteiger partial charge in [0, 0.05) is 31.7 Å². The van der Waals surface area contributed by atoms with E-state index in [4.69, 9.17) is 5.11 Å². The molecule has 0 aromatic heterocycles. The monoisotopic (exact) mass is 294 g/mol. The highest BCUT2D eigenvalue weighted by atomic mass is 19.4. The normalized spacial score (nSPS) is 33.5. The molecule has 2 rings (SSSR count). The molecule has 20 heavy (non-hydrogen) atoms. The molecule has 2 bridgehead atoms. The van der Waals surface area contributed by atoms with Gasteiger partial charge in [0.1, 0.15) is 0 Å². The van der Waals surface area contributed by atoms with Gasteiger partial charge in [-0.25, -0.2) is 0 Å². The molecule has 2 fully saturated rings. The van der Waals surface area contributed by atoms with Gasteiger partial charge in [-0.3, -0.25) is 0 Å². The third-order valence-electron chi connectivity index (χ3n) is 4.76. The minimum Gasteiger partial charge on any atom is -0.382 e. The number of halogens is 3. The second-order valence-electron chi connectivity index (χ2n) is 6.49. The van der Waals surface area contributed by atoms with Gasteiger partial charge >= 0.3 is 6.18 Å². The average Bonchev–Trinajstić information content (AvgIpc) is 2.33. The van der Waals surface area contributed by atoms with Crippen LogP contribution in [0.25, 0.3) is 0 Å². The molecule has 0 radical (unpaired) electrons. The zero-order valence-electron chi connectivity index (χ0n) is 12.2. The van der Waals surface area contributed by atoms with Crippen molar-refractivity contribution in [2.75, 3.05) is 19.6 Å². The predicted octanol–water partition coefficient (Wildman–Crippen LogP) is 2.01. The van der Waals surface area contributed by atoms with Crippen LogP contribution in [0.2, 0.25) is 0 Å². The van der Waals surface area contributed by atoms with Gasteiger partial charge < -0.3 is 15.3 Å². The molecular formula is C14H25F3N2O. The minimum atomic E-state index is -4.53. The Balaban J connectivity index is 1.92. The second kappa shape index (κ2) is 6.20. The summed E-state index contributed by atoms with van der Waals surface area (Å²) in [6.07, 6.45) is -3.48. The topological polar surface area (TPSA) is 35.5 Å². The number of nitrogens with one attached hydrogen (secondary N) is 1. The number of alkyl halides is 3. The number of fused-ring (bicyclic) bond motifs is 2. The van der Waals surface area contributed by atoms with Crippen molar-refractivity contribution in [2.24, 2.45) is 11.8 Å². The summed E-state index contributed by atoms with van der Waals surface area (Å²) in [4.78, 5) is 2.42. The molecule has 0 aromatic carbocycles. The van der Waals surface area contributed by atoms with E-state index in [0.29, 0.717) is 17.9 Å². The number of likely N-dealkylation sites (tertiary alicyclic amines) is 1. The average molecular weight is 294 g/mol. The minimum absolute atomic E-state index is 0.121. The van der Waals surface area contributed by atoms with Gasteiger partial charge in [0.2, 0.25) is 0 Å². The molecular weight excluding hydrogens is 269 g/mol. The number of hydrogen-bond acceptors (Lipinski definition) is 3. The highest BCUT2D eigenvalue weighted by molar-refractivity contribution is 4.95. The summed E-state index contributed by atoms with van der Waals surface area (Å²) in [5.41, 5.74) is 0. The fraction of sp³-hybridized carbons (Fsp3) is 1.00. The lowest BCUT2D eigenvalue weighted by molar-refractivity contribution is -0.203. The van der Waals surface area contributed by atoms with Gasteiger partial charge in [-0.15, -0.1) is 0 Å². The molecule has 1 saturated heterocycles. The van der Waals surface area contributed by atoms with Crippen molar-refractivity contribution in [1.82, 2.24) is 10.2 Å². The summed E-state index contributed by atoms with van der Waals surface area (Å²) in [7, 11) is 0. The molecule has 6 heteroatoms. The van der Waals surface area contributed by atoms with Crippen LogP contribution in [0.5, 0.6) is 0 Å². The van der Waals surface area contributed by atoms with Crippen LogP contribution in [0, 0.1) is 11.8 Å². The molecule has 0 amide bonds. The summed E-state index contributed by atoms with van der Waals surface area (Å²) in [6.45, 7) is 5.85. The molecule has 0 aromatic rings. The molecule has 3 nitrogen and oxygen atoms in total. The van der Waals surface area contributed by atoms with Crippen molar-refractivity contribution in [3.63, 3.8) is 0 Å². The van der Waals surface area contributed by atoms with Crippen LogP contribution >= 0.6 is 0 Å². The highest BCUT2D eigenvalue weighted by Crippen LogP contribution is 2.35. The molecule has 1 aliphatic heterocycles. The van der Waals surface area contributed by atoms with Crippen molar-refractivity contribution >= 4 is 0 Å². The summed E-state index contributed by atoms with van der Waals surface area (Å²) in [6, 6.07) is 0.607. The van der Waals surface area contributed by atoms with E-state index >= 15 is 0 Å². The van der Waals surface area contributed by atoms with Gasteiger partial charge in [0.25, 0.3) is 0 Å². The third kappa shape index (κ3) is 3.65. The first-order valence-electron chi connectivity index (χ1n) is 7.51. The maximum absolute atomic E-state index is 12.4. The Morgan fingerprint density at radius 1 is 1.20 bits per heavy atom. The number of aliphatic hydroxyl groups is 1. The van der Waals surface area contributed by atoms with E-state index in [9.17, 15) is 13.2 Å². The van der Waals surface area contributed by atoms with Crippen LogP contribution < -0.4 is 5.32 Å². The van der Waals surface area contributed by atoms with Crippen molar-refractivity contribution in [3.05, 3.63) is 0 Å². The summed E-state index contributed by atoms with van der Waals surface area (Å²) < 4.78 is 37.1. The van der Waals surface area contributed by atoms with E-state index in [-0.39, 0.29) is 12.6 Å². The Bertz CT molecular complexity index is 308. The fourth-order valence-electron chi connectivity index (χ4n) is 3.59. The lowest BCUT2D eigenvalue weighted by Gasteiger charge is -2.49. The van der Waals surface area contributed by atoms with E-state index in [1.165, 1.54) is 6.42 Å². The molecule has 1 aliphatic carbocycles. The van der Waals surface area contributed by atoms with Crippen molar-refractivity contribution in [1.29, 1.82) is 0 Å². The maximum atomic E-state index is 12.4. The van der Waals surface area contributed by atoms with Gasteiger partial charge in [-0.05, 0) is 38.5 Å². The molecule has 3 unspecified atom stereocenters. The van der Waals surface area contributed by atoms with Gasteiger partial charge in [-0.1, -0.05) is 6.42 Å². The Hall–Kier alpha value is -0.330. The van der Waals surface area contributed by atoms with E-state index in [1.807, 2.05) is 0 Å². The number of rotatable bonds is 4. The first kappa shape index (κ1) is 16.0. The fourth-order valence-corrected chi connectivity index (χ4v) is 3.59. The van der Waals surface area contributed by atoms with Crippen LogP contribution in [0.4, 0.5) is 13.2 Å². The van der Waals surface area contributed by atoms with Crippen LogP contribution in [0.3, 0.4) is 0 Å². The summed E-state index contributed by atoms with van der Waals surface area (Å²) in [5, 5.41) is 12.1. The Labute approximate surface area is 118 Å². The Morgan fingerprint density at radius 3 is 2.20 bits per heavy atom. The lowest BCUT2D eigenvalue weighted by atomic mass is 9.73. The number of nitrogens with zero attached hydrogens (tertiary/aromatic N) is 1. The van der Waals surface area contributed by atoms with Crippen molar-refractivity contribution in [2.45, 2.75) is 57.5 Å². The smallest absolute Gasteiger partial charge is 0.382 e. The van der Waals surface area contributed by atoms with Crippen LogP contribution in [-0.2, 0) is 0 Å². The standard InChI is InChI=1S/C14H25F3N2O/c1-9(2)19-7-10-4-3-5-11(8-19)13(10)18-6-12(20)14(15,16)17/h9-13,18,20H,3-8H2,1-2H3. The molecule has 2 aliphatic rings. The van der Waals surface area contributed by atoms with Gasteiger partial charge in [-0.2, -0.15) is 13.2 Å². The van der Waals surface area contributed by atoms with E-state index in [1.54, 1.807) is 0 Å². The van der Waals surface area contributed by atoms with Crippen molar-refractivity contribution in [3.8, 4) is 0 Å². The Morgan fingerprint density at radius 2 is 1.75 bits per heavy atom. The first-order valence-corrected chi connectivity index (χ1v) is 7.51.